The molecule has 0 radical (unpaired) electrons. The van der Waals surface area contributed by atoms with Crippen molar-refractivity contribution < 1.29 is 18.4 Å². The maximum Gasteiger partial charge on any atom is 0.425 e. The van der Waals surface area contributed by atoms with Gasteiger partial charge in [0.2, 0.25) is 0 Å². The minimum absolute atomic E-state index is 0.0924. The van der Waals surface area contributed by atoms with E-state index in [1.54, 1.807) is 0 Å². The summed E-state index contributed by atoms with van der Waals surface area (Å²) in [5, 5.41) is 10.8. The van der Waals surface area contributed by atoms with Gasteiger partial charge in [-0.05, 0) is 12.1 Å². The molecule has 3 N–H and O–H groups in total. The molecule has 0 saturated heterocycles. The maximum absolute atomic E-state index is 12.0. The summed E-state index contributed by atoms with van der Waals surface area (Å²) in [5.74, 6) is -0.319. The molecule has 0 aliphatic rings. The number of oxime groups is 1. The summed E-state index contributed by atoms with van der Waals surface area (Å²) >= 11 is 0.432. The second-order valence-corrected chi connectivity index (χ2v) is 3.23. The van der Waals surface area contributed by atoms with E-state index >= 15 is 0 Å². The summed E-state index contributed by atoms with van der Waals surface area (Å²) in [6.07, 6.45) is -4.38. The minimum Gasteiger partial charge on any atom is -0.409 e. The van der Waals surface area contributed by atoms with Crippen molar-refractivity contribution in [1.82, 2.24) is 0 Å². The van der Waals surface area contributed by atoms with Crippen LogP contribution in [0, 0.1) is 0 Å². The quantitative estimate of drug-likeness (QED) is 0.321. The topological polar surface area (TPSA) is 58.6 Å². The number of alkyl halides is 3. The zero-order valence-electron chi connectivity index (χ0n) is 6.17. The first-order valence-electron chi connectivity index (χ1n) is 3.10. The van der Waals surface area contributed by atoms with Crippen LogP contribution in [0.15, 0.2) is 17.3 Å². The Kier molecular flexibility index (Phi) is 2.46. The highest BCUT2D eigenvalue weighted by atomic mass is 32.1. The van der Waals surface area contributed by atoms with Gasteiger partial charge in [-0.15, -0.1) is 11.3 Å². The Morgan fingerprint density at radius 3 is 2.46 bits per heavy atom. The second kappa shape index (κ2) is 3.25. The van der Waals surface area contributed by atoms with Crippen molar-refractivity contribution in [3.8, 4) is 0 Å². The molecule has 0 amide bonds. The molecular weight excluding hydrogens is 205 g/mol. The van der Waals surface area contributed by atoms with Gasteiger partial charge < -0.3 is 10.9 Å². The number of thiophene rings is 1. The van der Waals surface area contributed by atoms with Crippen LogP contribution in [0.1, 0.15) is 9.75 Å². The van der Waals surface area contributed by atoms with E-state index in [1.807, 2.05) is 0 Å². The third kappa shape index (κ3) is 2.11. The van der Waals surface area contributed by atoms with Gasteiger partial charge in [-0.25, -0.2) is 0 Å². The number of nitrogens with zero attached hydrogens (tertiary/aromatic N) is 1. The Balaban J connectivity index is 3.00. The molecule has 0 aliphatic heterocycles. The van der Waals surface area contributed by atoms with Crippen molar-refractivity contribution in [3.05, 3.63) is 21.9 Å². The van der Waals surface area contributed by atoms with Crippen LogP contribution in [0.25, 0.3) is 0 Å². The van der Waals surface area contributed by atoms with Crippen molar-refractivity contribution in [2.75, 3.05) is 0 Å². The van der Waals surface area contributed by atoms with Gasteiger partial charge in [0.15, 0.2) is 5.84 Å². The van der Waals surface area contributed by atoms with Crippen LogP contribution in [0.5, 0.6) is 0 Å². The predicted molar refractivity (Wildman–Crippen MR) is 41.8 cm³/mol. The van der Waals surface area contributed by atoms with E-state index in [1.165, 1.54) is 0 Å². The van der Waals surface area contributed by atoms with Crippen molar-refractivity contribution in [3.63, 3.8) is 0 Å². The van der Waals surface area contributed by atoms with E-state index in [0.29, 0.717) is 11.3 Å². The predicted octanol–water partition coefficient (Wildman–Crippen LogP) is 1.86. The molecule has 72 valence electrons. The Morgan fingerprint density at radius 1 is 1.46 bits per heavy atom. The molecular formula is C6H5F3N2OS. The molecule has 0 bridgehead atoms. The molecule has 13 heavy (non-hydrogen) atoms. The lowest BCUT2D eigenvalue weighted by atomic mass is 10.4. The van der Waals surface area contributed by atoms with Crippen LogP contribution in [0.2, 0.25) is 0 Å². The Morgan fingerprint density at radius 2 is 2.08 bits per heavy atom. The normalized spacial score (nSPS) is 13.3. The van der Waals surface area contributed by atoms with Crippen molar-refractivity contribution in [2.45, 2.75) is 6.18 Å². The number of hydrogen-bond donors (Lipinski definition) is 2. The summed E-state index contributed by atoms with van der Waals surface area (Å²) in [6, 6.07) is 2.04. The maximum atomic E-state index is 12.0. The molecule has 3 nitrogen and oxygen atoms in total. The average molecular weight is 210 g/mol. The molecule has 0 aromatic carbocycles. The van der Waals surface area contributed by atoms with Gasteiger partial charge in [0.1, 0.15) is 4.88 Å². The van der Waals surface area contributed by atoms with Crippen molar-refractivity contribution in [2.24, 2.45) is 10.9 Å². The van der Waals surface area contributed by atoms with Gasteiger partial charge in [0.25, 0.3) is 0 Å². The van der Waals surface area contributed by atoms with Gasteiger partial charge in [-0.1, -0.05) is 5.16 Å². The molecule has 0 aliphatic carbocycles. The van der Waals surface area contributed by atoms with Crippen LogP contribution in [0.4, 0.5) is 13.2 Å². The fraction of sp³-hybridized carbons (Fsp3) is 0.167. The van der Waals surface area contributed by atoms with Crippen molar-refractivity contribution >= 4 is 17.2 Å². The highest BCUT2D eigenvalue weighted by molar-refractivity contribution is 7.14. The second-order valence-electron chi connectivity index (χ2n) is 2.15. The van der Waals surface area contributed by atoms with E-state index < -0.39 is 11.1 Å². The largest absolute Gasteiger partial charge is 0.425 e. The van der Waals surface area contributed by atoms with E-state index in [2.05, 4.69) is 5.16 Å². The first kappa shape index (κ1) is 9.85. The van der Waals surface area contributed by atoms with Gasteiger partial charge in [0, 0.05) is 0 Å². The zero-order chi connectivity index (χ0) is 10.1. The van der Waals surface area contributed by atoms with Gasteiger partial charge in [0.05, 0.1) is 4.88 Å². The molecule has 0 saturated carbocycles. The lowest BCUT2D eigenvalue weighted by Crippen LogP contribution is -2.10. The number of amidine groups is 1. The van der Waals surface area contributed by atoms with E-state index in [4.69, 9.17) is 10.9 Å². The number of hydrogen-bond acceptors (Lipinski definition) is 3. The summed E-state index contributed by atoms with van der Waals surface area (Å²) < 4.78 is 36.1. The first-order valence-corrected chi connectivity index (χ1v) is 3.91. The SMILES string of the molecule is N/C(=N\O)c1ccc(C(F)(F)F)s1. The fourth-order valence-corrected chi connectivity index (χ4v) is 1.45. The highest BCUT2D eigenvalue weighted by Crippen LogP contribution is 2.34. The van der Waals surface area contributed by atoms with Crippen molar-refractivity contribution in [1.29, 1.82) is 0 Å². The summed E-state index contributed by atoms with van der Waals surface area (Å²) in [7, 11) is 0. The Bertz CT molecular complexity index is 331. The Hall–Kier alpha value is -1.24. The highest BCUT2D eigenvalue weighted by Gasteiger charge is 2.32. The summed E-state index contributed by atoms with van der Waals surface area (Å²) in [4.78, 5) is -0.677. The standard InChI is InChI=1S/C6H5F3N2OS/c7-6(8,9)4-2-1-3(13-4)5(10)11-12/h1-2,12H,(H2,10,11). The molecule has 1 rings (SSSR count). The molecule has 1 heterocycles. The Labute approximate surface area is 75.3 Å². The summed E-state index contributed by atoms with van der Waals surface area (Å²) in [6.45, 7) is 0. The minimum atomic E-state index is -4.38. The molecule has 7 heteroatoms. The number of rotatable bonds is 1. The fourth-order valence-electron chi connectivity index (χ4n) is 0.677. The lowest BCUT2D eigenvalue weighted by Gasteiger charge is -2.00. The number of halogens is 3. The smallest absolute Gasteiger partial charge is 0.409 e. The van der Waals surface area contributed by atoms with Gasteiger partial charge >= 0.3 is 6.18 Å². The zero-order valence-corrected chi connectivity index (χ0v) is 6.99. The molecule has 1 aromatic rings. The molecule has 0 unspecified atom stereocenters. The summed E-state index contributed by atoms with van der Waals surface area (Å²) in [5.41, 5.74) is 5.09. The van der Waals surface area contributed by atoms with E-state index in [9.17, 15) is 13.2 Å². The first-order chi connectivity index (χ1) is 5.95. The van der Waals surface area contributed by atoms with Crippen LogP contribution >= 0.6 is 11.3 Å². The third-order valence-electron chi connectivity index (χ3n) is 1.25. The molecule has 0 fully saturated rings. The molecule has 0 spiro atoms. The van der Waals surface area contributed by atoms with E-state index in [-0.39, 0.29) is 10.7 Å². The van der Waals surface area contributed by atoms with Crippen LogP contribution in [-0.4, -0.2) is 11.0 Å². The lowest BCUT2D eigenvalue weighted by molar-refractivity contribution is -0.134. The molecule has 0 atom stereocenters. The van der Waals surface area contributed by atoms with Gasteiger partial charge in [-0.2, -0.15) is 13.2 Å². The third-order valence-corrected chi connectivity index (χ3v) is 2.40. The molecule has 1 aromatic heterocycles. The van der Waals surface area contributed by atoms with Gasteiger partial charge in [-0.3, -0.25) is 0 Å². The van der Waals surface area contributed by atoms with E-state index in [0.717, 1.165) is 12.1 Å². The van der Waals surface area contributed by atoms with Crippen LogP contribution in [0.3, 0.4) is 0 Å². The van der Waals surface area contributed by atoms with Crippen LogP contribution < -0.4 is 5.73 Å². The van der Waals surface area contributed by atoms with Crippen LogP contribution in [-0.2, 0) is 6.18 Å². The average Bonchev–Trinajstić information content (AvgIpc) is 2.50. The monoisotopic (exact) mass is 210 g/mol. The number of nitrogens with two attached hydrogens (primary N) is 1.